The minimum absolute atomic E-state index is 0.1000. The maximum Gasteiger partial charge on any atom is 0.255 e. The highest BCUT2D eigenvalue weighted by Gasteiger charge is 2.58. The number of carbonyl (C=O) groups excluding carboxylic acids is 1. The average Bonchev–Trinajstić information content (AvgIpc) is 3.34. The topological polar surface area (TPSA) is 119 Å². The van der Waals surface area contributed by atoms with E-state index in [4.69, 9.17) is 8.83 Å². The number of nitrogens with zero attached hydrogens (tertiary/aromatic N) is 3. The van der Waals surface area contributed by atoms with Gasteiger partial charge in [0.1, 0.15) is 17.2 Å². The van der Waals surface area contributed by atoms with Gasteiger partial charge in [-0.2, -0.15) is 4.98 Å². The maximum absolute atomic E-state index is 14.1. The summed E-state index contributed by atoms with van der Waals surface area (Å²) in [5, 5.41) is 3.00. The molecule has 0 aliphatic heterocycles. The minimum Gasteiger partial charge on any atom is -0.459 e. The Balaban J connectivity index is 1.45. The van der Waals surface area contributed by atoms with Gasteiger partial charge in [-0.3, -0.25) is 9.10 Å². The van der Waals surface area contributed by atoms with Crippen LogP contribution in [0.15, 0.2) is 87.6 Å². The van der Waals surface area contributed by atoms with Gasteiger partial charge in [-0.1, -0.05) is 18.2 Å². The highest BCUT2D eigenvalue weighted by molar-refractivity contribution is 7.92. The third-order valence-electron chi connectivity index (χ3n) is 8.28. The molecule has 2 aliphatic rings. The number of rotatable bonds is 8. The fraction of sp³-hybridized carbons (Fsp3) is 0.242. The number of alkyl halides is 2. The number of fused-ring (bicyclic) bond motifs is 2. The van der Waals surface area contributed by atoms with E-state index in [9.17, 15) is 26.4 Å². The summed E-state index contributed by atoms with van der Waals surface area (Å²) in [4.78, 5) is 22.0. The lowest BCUT2D eigenvalue weighted by Gasteiger charge is -2.25. The Labute approximate surface area is 261 Å². The van der Waals surface area contributed by atoms with Crippen LogP contribution < -0.4 is 9.62 Å². The lowest BCUT2D eigenvalue weighted by atomic mass is 9.92. The Bertz CT molecular complexity index is 2170. The minimum atomic E-state index is -4.07. The van der Waals surface area contributed by atoms with Crippen molar-refractivity contribution in [3.63, 3.8) is 0 Å². The molecule has 3 heterocycles. The van der Waals surface area contributed by atoms with Gasteiger partial charge >= 0.3 is 0 Å². The smallest absolute Gasteiger partial charge is 0.255 e. The molecule has 0 spiro atoms. The Morgan fingerprint density at radius 2 is 1.89 bits per heavy atom. The number of aromatic nitrogens is 2. The van der Waals surface area contributed by atoms with Gasteiger partial charge in [0.05, 0.1) is 17.5 Å². The molecule has 2 atom stereocenters. The number of sulfonamides is 1. The zero-order valence-electron chi connectivity index (χ0n) is 24.6. The zero-order chi connectivity index (χ0) is 32.4. The molecule has 5 aromatic rings. The second kappa shape index (κ2) is 10.9. The predicted octanol–water partition coefficient (Wildman–Crippen LogP) is 6.98. The molecule has 9 nitrogen and oxygen atoms in total. The number of halogens is 3. The molecule has 3 aromatic heterocycles. The molecule has 1 fully saturated rings. The maximum atomic E-state index is 14.1. The molecule has 13 heteroatoms. The van der Waals surface area contributed by atoms with Gasteiger partial charge < -0.3 is 14.2 Å². The van der Waals surface area contributed by atoms with E-state index < -0.39 is 52.5 Å². The first kappa shape index (κ1) is 29.8. The Morgan fingerprint density at radius 1 is 1.11 bits per heavy atom. The van der Waals surface area contributed by atoms with Gasteiger partial charge in [0.25, 0.3) is 11.8 Å². The molecule has 46 heavy (non-hydrogen) atoms. The molecule has 1 N–H and O–H groups in total. The first-order valence-electron chi connectivity index (χ1n) is 14.5. The van der Waals surface area contributed by atoms with Gasteiger partial charge in [0.2, 0.25) is 15.9 Å². The molecule has 2 aliphatic carbocycles. The number of amides is 1. The Hall–Kier alpha value is -4.91. The number of oxazole rings is 1. The number of benzene rings is 2. The molecule has 1 amide bonds. The van der Waals surface area contributed by atoms with Gasteiger partial charge in [-0.05, 0) is 54.5 Å². The summed E-state index contributed by atoms with van der Waals surface area (Å²) in [6, 6.07) is 13.5. The molecule has 236 valence electrons. The fourth-order valence-electron chi connectivity index (χ4n) is 5.79. The largest absolute Gasteiger partial charge is 0.459 e. The molecule has 0 radical (unpaired) electrons. The summed E-state index contributed by atoms with van der Waals surface area (Å²) in [6.45, 7) is -0.452. The first-order valence-corrected chi connectivity index (χ1v) is 16.3. The van der Waals surface area contributed by atoms with Crippen molar-refractivity contribution in [1.82, 2.24) is 15.3 Å². The third-order valence-corrected chi connectivity index (χ3v) is 9.42. The molecule has 2 aromatic carbocycles. The van der Waals surface area contributed by atoms with Crippen LogP contribution in [0.2, 0.25) is 0 Å². The van der Waals surface area contributed by atoms with Crippen molar-refractivity contribution in [3.05, 3.63) is 90.1 Å². The number of anilines is 1. The van der Waals surface area contributed by atoms with Crippen molar-refractivity contribution in [2.75, 3.05) is 24.2 Å². The van der Waals surface area contributed by atoms with Crippen molar-refractivity contribution in [3.8, 4) is 22.6 Å². The standard InChI is InChI=1S/C33H27F3N4O5S/c1-37-31(41)28-24-14-23(19-5-3-6-20(13-19)32-39-30-26(45-32)7-4-12-38-30)25(40(46(2,42)43)17-21-16-33(21,35)36)15-27(24)44-29(28)18-8-10-22(34)11-9-18/h3-8,10-15,18,21H,9,16-17H2,1-2H3,(H,37,41). The molecule has 7 rings (SSSR count). The first-order chi connectivity index (χ1) is 21.9. The summed E-state index contributed by atoms with van der Waals surface area (Å²) in [5.74, 6) is -4.93. The van der Waals surface area contributed by atoms with Crippen LogP contribution in [0.1, 0.15) is 34.9 Å². The molecule has 2 unspecified atom stereocenters. The van der Waals surface area contributed by atoms with Crippen molar-refractivity contribution in [2.45, 2.75) is 24.7 Å². The predicted molar refractivity (Wildman–Crippen MR) is 167 cm³/mol. The quantitative estimate of drug-likeness (QED) is 0.193. The lowest BCUT2D eigenvalue weighted by molar-refractivity contribution is 0.0961. The van der Waals surface area contributed by atoms with Crippen molar-refractivity contribution >= 4 is 43.8 Å². The number of hydrogen-bond acceptors (Lipinski definition) is 7. The van der Waals surface area contributed by atoms with E-state index in [1.807, 2.05) is 0 Å². The van der Waals surface area contributed by atoms with E-state index in [1.54, 1.807) is 54.7 Å². The van der Waals surface area contributed by atoms with Crippen LogP contribution in [-0.2, 0) is 10.0 Å². The summed E-state index contributed by atoms with van der Waals surface area (Å²) in [7, 11) is -2.60. The highest BCUT2D eigenvalue weighted by atomic mass is 32.2. The van der Waals surface area contributed by atoms with Crippen molar-refractivity contribution < 1.29 is 35.2 Å². The van der Waals surface area contributed by atoms with E-state index in [1.165, 1.54) is 25.3 Å². The number of carbonyl (C=O) groups is 1. The van der Waals surface area contributed by atoms with Crippen LogP contribution in [0.3, 0.4) is 0 Å². The molecular formula is C33H27F3N4O5S. The lowest BCUT2D eigenvalue weighted by Crippen LogP contribution is -2.33. The zero-order valence-corrected chi connectivity index (χ0v) is 25.4. The number of allylic oxidation sites excluding steroid dienone is 4. The third kappa shape index (κ3) is 5.34. The number of pyridine rings is 1. The fourth-order valence-corrected chi connectivity index (χ4v) is 6.75. The Kier molecular flexibility index (Phi) is 7.03. The second-order valence-corrected chi connectivity index (χ2v) is 13.4. The number of furan rings is 1. The second-order valence-electron chi connectivity index (χ2n) is 11.5. The van der Waals surface area contributed by atoms with Crippen LogP contribution in [0.25, 0.3) is 44.8 Å². The summed E-state index contributed by atoms with van der Waals surface area (Å²) in [6.07, 6.45) is 6.63. The summed E-state index contributed by atoms with van der Waals surface area (Å²) in [5.41, 5.74) is 2.78. The van der Waals surface area contributed by atoms with E-state index in [2.05, 4.69) is 15.3 Å². The van der Waals surface area contributed by atoms with E-state index >= 15 is 0 Å². The van der Waals surface area contributed by atoms with Crippen LogP contribution in [0, 0.1) is 5.92 Å². The molecule has 0 bridgehead atoms. The summed E-state index contributed by atoms with van der Waals surface area (Å²) < 4.78 is 81.6. The number of nitrogens with one attached hydrogen (secondary N) is 1. The van der Waals surface area contributed by atoms with Crippen LogP contribution in [0.4, 0.5) is 18.9 Å². The van der Waals surface area contributed by atoms with Gasteiger partial charge in [-0.25, -0.2) is 26.6 Å². The SMILES string of the molecule is CNC(=O)c1c(C2C=CC(F)=CC2)oc2cc(N(CC3CC3(F)F)S(C)(=O)=O)c(-c3cccc(-c4nc5ncccc5o4)c3)cc12. The summed E-state index contributed by atoms with van der Waals surface area (Å²) >= 11 is 0. The van der Waals surface area contributed by atoms with Crippen LogP contribution in [-0.4, -0.2) is 50.1 Å². The van der Waals surface area contributed by atoms with Crippen molar-refractivity contribution in [2.24, 2.45) is 5.92 Å². The van der Waals surface area contributed by atoms with Crippen molar-refractivity contribution in [1.29, 1.82) is 0 Å². The van der Waals surface area contributed by atoms with Crippen LogP contribution in [0.5, 0.6) is 0 Å². The van der Waals surface area contributed by atoms with E-state index in [0.29, 0.717) is 33.3 Å². The molecular weight excluding hydrogens is 621 g/mol. The van der Waals surface area contributed by atoms with Gasteiger partial charge in [0, 0.05) is 60.6 Å². The molecule has 1 saturated carbocycles. The monoisotopic (exact) mass is 648 g/mol. The Morgan fingerprint density at radius 3 is 2.57 bits per heavy atom. The van der Waals surface area contributed by atoms with E-state index in [-0.39, 0.29) is 34.9 Å². The van der Waals surface area contributed by atoms with Gasteiger partial charge in [-0.15, -0.1) is 0 Å². The molecule has 0 saturated heterocycles. The van der Waals surface area contributed by atoms with Crippen LogP contribution >= 0.6 is 0 Å². The normalized spacial score (nSPS) is 18.9. The number of hydrogen-bond donors (Lipinski definition) is 1. The van der Waals surface area contributed by atoms with Gasteiger partial charge in [0.15, 0.2) is 11.2 Å². The average molecular weight is 649 g/mol. The van der Waals surface area contributed by atoms with E-state index in [0.717, 1.165) is 10.6 Å². The highest BCUT2D eigenvalue weighted by Crippen LogP contribution is 2.50.